The number of amides is 1. The summed E-state index contributed by atoms with van der Waals surface area (Å²) in [5, 5.41) is 5.90. The highest BCUT2D eigenvalue weighted by Crippen LogP contribution is 2.27. The molecule has 2 aromatic rings. The number of rotatable bonds is 6. The van der Waals surface area contributed by atoms with Crippen molar-refractivity contribution >= 4 is 17.3 Å². The van der Waals surface area contributed by atoms with Crippen LogP contribution >= 0.6 is 0 Å². The first-order valence-corrected chi connectivity index (χ1v) is 9.43. The molecule has 0 saturated carbocycles. The van der Waals surface area contributed by atoms with Crippen molar-refractivity contribution in [2.24, 2.45) is 0 Å². The van der Waals surface area contributed by atoms with Crippen molar-refractivity contribution in [3.63, 3.8) is 0 Å². The summed E-state index contributed by atoms with van der Waals surface area (Å²) in [7, 11) is 1.78. The van der Waals surface area contributed by atoms with E-state index in [9.17, 15) is 9.18 Å². The van der Waals surface area contributed by atoms with Crippen molar-refractivity contribution in [3.8, 4) is 0 Å². The van der Waals surface area contributed by atoms with Gasteiger partial charge in [0, 0.05) is 45.5 Å². The van der Waals surface area contributed by atoms with Crippen LogP contribution in [0.3, 0.4) is 0 Å². The van der Waals surface area contributed by atoms with Gasteiger partial charge in [-0.1, -0.05) is 30.3 Å². The van der Waals surface area contributed by atoms with E-state index in [0.717, 1.165) is 11.3 Å². The molecule has 1 aliphatic rings. The van der Waals surface area contributed by atoms with Gasteiger partial charge in [-0.15, -0.1) is 0 Å². The minimum Gasteiger partial charge on any atom is -0.388 e. The van der Waals surface area contributed by atoms with E-state index in [1.54, 1.807) is 7.05 Å². The van der Waals surface area contributed by atoms with Gasteiger partial charge in [0.15, 0.2) is 0 Å². The maximum atomic E-state index is 14.4. The molecule has 3 rings (SSSR count). The van der Waals surface area contributed by atoms with Crippen molar-refractivity contribution in [1.82, 2.24) is 10.2 Å². The van der Waals surface area contributed by atoms with Gasteiger partial charge in [0.2, 0.25) is 5.91 Å². The van der Waals surface area contributed by atoms with Crippen molar-refractivity contribution in [2.45, 2.75) is 13.0 Å². The zero-order valence-corrected chi connectivity index (χ0v) is 15.9. The second-order valence-corrected chi connectivity index (χ2v) is 6.65. The van der Waals surface area contributed by atoms with Crippen molar-refractivity contribution in [3.05, 3.63) is 59.9 Å². The number of carbonyl (C=O) groups is 1. The molecule has 1 fully saturated rings. The number of anilines is 2. The van der Waals surface area contributed by atoms with Crippen LogP contribution in [0.5, 0.6) is 0 Å². The highest BCUT2D eigenvalue weighted by molar-refractivity contribution is 5.83. The molecule has 1 atom stereocenters. The van der Waals surface area contributed by atoms with Gasteiger partial charge in [-0.2, -0.15) is 0 Å². The Balaban J connectivity index is 1.73. The molecule has 1 saturated heterocycles. The zero-order chi connectivity index (χ0) is 19.2. The Morgan fingerprint density at radius 2 is 1.81 bits per heavy atom. The highest BCUT2D eigenvalue weighted by Gasteiger charge is 2.30. The number of hydrogen-bond acceptors (Lipinski definition) is 4. The molecule has 0 radical (unpaired) electrons. The SMILES string of the molecule is CCNC(=O)C(c1ccccc1)N1CCN(c2ccc(NC)cc2F)CC1. The summed E-state index contributed by atoms with van der Waals surface area (Å²) in [6.45, 7) is 5.28. The van der Waals surface area contributed by atoms with Gasteiger partial charge in [0.1, 0.15) is 11.9 Å². The van der Waals surface area contributed by atoms with E-state index in [0.29, 0.717) is 38.4 Å². The lowest BCUT2D eigenvalue weighted by molar-refractivity contribution is -0.126. The quantitative estimate of drug-likeness (QED) is 0.821. The van der Waals surface area contributed by atoms with Crippen LogP contribution in [-0.2, 0) is 4.79 Å². The van der Waals surface area contributed by atoms with Crippen molar-refractivity contribution < 1.29 is 9.18 Å². The number of nitrogens with zero attached hydrogens (tertiary/aromatic N) is 2. The Hall–Kier alpha value is -2.60. The third-order valence-electron chi connectivity index (χ3n) is 4.97. The predicted octanol–water partition coefficient (Wildman–Crippen LogP) is 2.87. The van der Waals surface area contributed by atoms with E-state index in [2.05, 4.69) is 15.5 Å². The average Bonchev–Trinajstić information content (AvgIpc) is 2.70. The fraction of sp³-hybridized carbons (Fsp3) is 0.381. The molecule has 1 amide bonds. The smallest absolute Gasteiger partial charge is 0.241 e. The summed E-state index contributed by atoms with van der Waals surface area (Å²) in [5.41, 5.74) is 2.36. The average molecular weight is 370 g/mol. The van der Waals surface area contributed by atoms with Crippen LogP contribution in [0.4, 0.5) is 15.8 Å². The Labute approximate surface area is 160 Å². The maximum absolute atomic E-state index is 14.4. The molecular formula is C21H27FN4O. The number of hydrogen-bond donors (Lipinski definition) is 2. The number of carbonyl (C=O) groups excluding carboxylic acids is 1. The lowest BCUT2D eigenvalue weighted by Crippen LogP contribution is -2.51. The van der Waals surface area contributed by atoms with E-state index < -0.39 is 0 Å². The first kappa shape index (κ1) is 19.2. The number of piperazine rings is 1. The molecule has 1 aliphatic heterocycles. The van der Waals surface area contributed by atoms with Crippen LogP contribution < -0.4 is 15.5 Å². The van der Waals surface area contributed by atoms with Crippen LogP contribution in [-0.4, -0.2) is 50.6 Å². The monoisotopic (exact) mass is 370 g/mol. The normalized spacial score (nSPS) is 16.0. The van der Waals surface area contributed by atoms with Crippen LogP contribution in [0.2, 0.25) is 0 Å². The number of nitrogens with one attached hydrogen (secondary N) is 2. The number of benzene rings is 2. The lowest BCUT2D eigenvalue weighted by Gasteiger charge is -2.39. The van der Waals surface area contributed by atoms with Gasteiger partial charge in [0.25, 0.3) is 0 Å². The molecule has 27 heavy (non-hydrogen) atoms. The minimum absolute atomic E-state index is 0.0155. The molecule has 144 valence electrons. The Morgan fingerprint density at radius 3 is 2.41 bits per heavy atom. The molecule has 0 bridgehead atoms. The zero-order valence-electron chi connectivity index (χ0n) is 15.9. The number of likely N-dealkylation sites (N-methyl/N-ethyl adjacent to an activating group) is 1. The first-order chi connectivity index (χ1) is 13.1. The van der Waals surface area contributed by atoms with Gasteiger partial charge in [-0.3, -0.25) is 9.69 Å². The molecule has 1 heterocycles. The van der Waals surface area contributed by atoms with Crippen LogP contribution in [0.1, 0.15) is 18.5 Å². The lowest BCUT2D eigenvalue weighted by atomic mass is 10.0. The second-order valence-electron chi connectivity index (χ2n) is 6.65. The summed E-state index contributed by atoms with van der Waals surface area (Å²) in [4.78, 5) is 16.9. The van der Waals surface area contributed by atoms with Gasteiger partial charge >= 0.3 is 0 Å². The Kier molecular flexibility index (Phi) is 6.29. The summed E-state index contributed by atoms with van der Waals surface area (Å²) >= 11 is 0. The van der Waals surface area contributed by atoms with Crippen molar-refractivity contribution in [1.29, 1.82) is 0 Å². The fourth-order valence-corrected chi connectivity index (χ4v) is 3.57. The predicted molar refractivity (Wildman–Crippen MR) is 108 cm³/mol. The third kappa shape index (κ3) is 4.39. The first-order valence-electron chi connectivity index (χ1n) is 9.43. The van der Waals surface area contributed by atoms with Gasteiger partial charge in [0.05, 0.1) is 5.69 Å². The topological polar surface area (TPSA) is 47.6 Å². The highest BCUT2D eigenvalue weighted by atomic mass is 19.1. The molecule has 1 unspecified atom stereocenters. The van der Waals surface area contributed by atoms with E-state index in [4.69, 9.17) is 0 Å². The minimum atomic E-state index is -0.315. The summed E-state index contributed by atoms with van der Waals surface area (Å²) in [6, 6.07) is 14.7. The fourth-order valence-electron chi connectivity index (χ4n) is 3.57. The van der Waals surface area contributed by atoms with E-state index in [-0.39, 0.29) is 17.8 Å². The molecular weight excluding hydrogens is 343 g/mol. The molecule has 0 aliphatic carbocycles. The summed E-state index contributed by atoms with van der Waals surface area (Å²) in [5.74, 6) is -0.208. The van der Waals surface area contributed by atoms with Gasteiger partial charge in [-0.05, 0) is 30.7 Å². The van der Waals surface area contributed by atoms with Gasteiger partial charge < -0.3 is 15.5 Å². The Morgan fingerprint density at radius 1 is 1.11 bits per heavy atom. The molecule has 0 aromatic heterocycles. The molecule has 2 N–H and O–H groups in total. The molecule has 5 nitrogen and oxygen atoms in total. The van der Waals surface area contributed by atoms with Crippen LogP contribution in [0.15, 0.2) is 48.5 Å². The van der Waals surface area contributed by atoms with Gasteiger partial charge in [-0.25, -0.2) is 4.39 Å². The van der Waals surface area contributed by atoms with E-state index in [1.807, 2.05) is 54.3 Å². The summed E-state index contributed by atoms with van der Waals surface area (Å²) in [6.07, 6.45) is 0. The number of halogens is 1. The molecule has 0 spiro atoms. The molecule has 6 heteroatoms. The Bertz CT molecular complexity index is 760. The van der Waals surface area contributed by atoms with E-state index in [1.165, 1.54) is 6.07 Å². The largest absolute Gasteiger partial charge is 0.388 e. The summed E-state index contributed by atoms with van der Waals surface area (Å²) < 4.78 is 14.4. The standard InChI is InChI=1S/C21H27FN4O/c1-3-24-21(27)20(16-7-5-4-6-8-16)26-13-11-25(12-14-26)19-10-9-17(23-2)15-18(19)22/h4-10,15,20,23H,3,11-14H2,1-2H3,(H,24,27). The van der Waals surface area contributed by atoms with Crippen LogP contribution in [0, 0.1) is 5.82 Å². The molecule has 2 aromatic carbocycles. The van der Waals surface area contributed by atoms with E-state index >= 15 is 0 Å². The van der Waals surface area contributed by atoms with Crippen LogP contribution in [0.25, 0.3) is 0 Å². The maximum Gasteiger partial charge on any atom is 0.241 e. The third-order valence-corrected chi connectivity index (χ3v) is 4.97. The van der Waals surface area contributed by atoms with Crippen molar-refractivity contribution in [2.75, 3.05) is 50.0 Å². The second kappa shape index (κ2) is 8.86.